The third-order valence-corrected chi connectivity index (χ3v) is 6.54. The van der Waals surface area contributed by atoms with E-state index in [1.165, 1.54) is 0 Å². The largest absolute Gasteiger partial charge is 0.297 e. The molecule has 0 aliphatic rings. The van der Waals surface area contributed by atoms with E-state index in [1.54, 1.807) is 0 Å². The molecule has 0 bridgehead atoms. The smallest absolute Gasteiger partial charge is 0.1000 e. The van der Waals surface area contributed by atoms with Gasteiger partial charge in [-0.2, -0.15) is 11.8 Å². The molecule has 2 aromatic heterocycles. The molecule has 31 heavy (non-hydrogen) atoms. The first-order valence-corrected chi connectivity index (χ1v) is 11.4. The molecule has 0 spiro atoms. The van der Waals surface area contributed by atoms with Crippen LogP contribution >= 0.6 is 11.8 Å². The van der Waals surface area contributed by atoms with Crippen molar-refractivity contribution in [1.82, 2.24) is 34.9 Å². The van der Waals surface area contributed by atoms with Crippen molar-refractivity contribution in [3.63, 3.8) is 0 Å². The third-order valence-electron chi connectivity index (χ3n) is 5.38. The summed E-state index contributed by atoms with van der Waals surface area (Å²) in [5, 5.41) is 17.6. The highest BCUT2D eigenvalue weighted by Gasteiger charge is 2.17. The molecule has 0 amide bonds. The van der Waals surface area contributed by atoms with Gasteiger partial charge in [0.05, 0.1) is 41.2 Å². The third kappa shape index (κ3) is 5.21. The van der Waals surface area contributed by atoms with E-state index >= 15 is 0 Å². The number of para-hydroxylation sites is 2. The Hall–Kier alpha value is -2.97. The van der Waals surface area contributed by atoms with E-state index in [4.69, 9.17) is 0 Å². The predicted molar refractivity (Wildman–Crippen MR) is 125 cm³/mol. The Balaban J connectivity index is 1.28. The van der Waals surface area contributed by atoms with Gasteiger partial charge < -0.3 is 0 Å². The van der Waals surface area contributed by atoms with Gasteiger partial charge in [0.15, 0.2) is 0 Å². The van der Waals surface area contributed by atoms with Crippen molar-refractivity contribution in [2.45, 2.75) is 25.1 Å². The van der Waals surface area contributed by atoms with Crippen LogP contribution in [0.15, 0.2) is 73.1 Å². The van der Waals surface area contributed by atoms with E-state index in [9.17, 15) is 0 Å². The molecule has 0 saturated heterocycles. The summed E-state index contributed by atoms with van der Waals surface area (Å²) in [5.74, 6) is 0.993. The van der Waals surface area contributed by atoms with Gasteiger partial charge in [0.25, 0.3) is 0 Å². The zero-order valence-corrected chi connectivity index (χ0v) is 18.9. The van der Waals surface area contributed by atoms with Gasteiger partial charge >= 0.3 is 0 Å². The lowest BCUT2D eigenvalue weighted by Crippen LogP contribution is -2.25. The summed E-state index contributed by atoms with van der Waals surface area (Å²) >= 11 is 1.88. The summed E-state index contributed by atoms with van der Waals surface area (Å²) < 4.78 is 3.66. The van der Waals surface area contributed by atoms with E-state index in [-0.39, 0.29) is 11.3 Å². The number of aromatic nitrogens is 6. The first-order chi connectivity index (χ1) is 15.1. The molecule has 0 N–H and O–H groups in total. The van der Waals surface area contributed by atoms with Crippen LogP contribution in [0.1, 0.15) is 36.5 Å². The highest BCUT2D eigenvalue weighted by Crippen LogP contribution is 2.27. The Morgan fingerprint density at radius 2 is 1.32 bits per heavy atom. The summed E-state index contributed by atoms with van der Waals surface area (Å²) in [7, 11) is 2.13. The molecule has 8 heteroatoms. The summed E-state index contributed by atoms with van der Waals surface area (Å²) in [6, 6.07) is 20.3. The number of hydrogen-bond donors (Lipinski definition) is 0. The number of benzene rings is 2. The van der Waals surface area contributed by atoms with Gasteiger partial charge in [-0.15, -0.1) is 10.2 Å². The summed E-state index contributed by atoms with van der Waals surface area (Å²) in [4.78, 5) is 2.31. The maximum atomic E-state index is 4.38. The molecule has 0 saturated carbocycles. The van der Waals surface area contributed by atoms with Crippen molar-refractivity contribution >= 4 is 11.8 Å². The van der Waals surface area contributed by atoms with E-state index in [2.05, 4.69) is 46.4 Å². The van der Waals surface area contributed by atoms with Crippen LogP contribution in [0.25, 0.3) is 11.4 Å². The number of thioether (sulfide) groups is 1. The molecule has 2 atom stereocenters. The molecule has 4 aromatic rings. The second kappa shape index (κ2) is 9.89. The van der Waals surface area contributed by atoms with Crippen LogP contribution in [0.5, 0.6) is 0 Å². The fourth-order valence-electron chi connectivity index (χ4n) is 3.22. The number of hydrogen-bond acceptors (Lipinski definition) is 6. The maximum absolute atomic E-state index is 4.38. The predicted octanol–water partition coefficient (Wildman–Crippen LogP) is 4.34. The molecule has 0 fully saturated rings. The zero-order valence-electron chi connectivity index (χ0n) is 18.0. The Morgan fingerprint density at radius 1 is 0.806 bits per heavy atom. The van der Waals surface area contributed by atoms with Crippen LogP contribution in [-0.2, 0) is 0 Å². The van der Waals surface area contributed by atoms with Gasteiger partial charge in [0.1, 0.15) is 0 Å². The molecule has 2 aromatic carbocycles. The second-order valence-electron chi connectivity index (χ2n) is 7.52. The van der Waals surface area contributed by atoms with Gasteiger partial charge in [-0.25, -0.2) is 9.36 Å². The van der Waals surface area contributed by atoms with Gasteiger partial charge in [-0.05, 0) is 45.2 Å². The standard InChI is InChI=1S/C23H27N7S/c1-18(22-16-29(26-24-22)20-10-6-4-7-11-20)28(3)14-15-31-19(2)23-17-30(27-25-23)21-12-8-5-9-13-21/h4-13,16-19H,14-15H2,1-3H3/t18-,19-/m1/s1. The second-order valence-corrected chi connectivity index (χ2v) is 8.97. The summed E-state index contributed by atoms with van der Waals surface area (Å²) in [6.45, 7) is 5.29. The van der Waals surface area contributed by atoms with Crippen LogP contribution in [0.3, 0.4) is 0 Å². The van der Waals surface area contributed by atoms with E-state index in [0.29, 0.717) is 0 Å². The molecular weight excluding hydrogens is 406 g/mol. The average Bonchev–Trinajstić information content (AvgIpc) is 3.50. The summed E-state index contributed by atoms with van der Waals surface area (Å²) in [6.07, 6.45) is 4.02. The Morgan fingerprint density at radius 3 is 1.90 bits per heavy atom. The fraction of sp³-hybridized carbons (Fsp3) is 0.304. The lowest BCUT2D eigenvalue weighted by atomic mass is 10.2. The molecule has 0 unspecified atom stereocenters. The Labute approximate surface area is 187 Å². The maximum Gasteiger partial charge on any atom is 0.1000 e. The van der Waals surface area contributed by atoms with E-state index < -0.39 is 0 Å². The lowest BCUT2D eigenvalue weighted by Gasteiger charge is -2.23. The molecule has 0 radical (unpaired) electrons. The van der Waals surface area contributed by atoms with Crippen LogP contribution in [0.2, 0.25) is 0 Å². The number of nitrogens with zero attached hydrogens (tertiary/aromatic N) is 7. The van der Waals surface area contributed by atoms with Crippen molar-refractivity contribution in [2.24, 2.45) is 0 Å². The van der Waals surface area contributed by atoms with Crippen LogP contribution in [0.4, 0.5) is 0 Å². The fourth-order valence-corrected chi connectivity index (χ4v) is 4.25. The molecule has 7 nitrogen and oxygen atoms in total. The van der Waals surface area contributed by atoms with Crippen LogP contribution in [0, 0.1) is 0 Å². The average molecular weight is 434 g/mol. The highest BCUT2D eigenvalue weighted by molar-refractivity contribution is 7.99. The molecular formula is C23H27N7S. The van der Waals surface area contributed by atoms with Gasteiger partial charge in [0, 0.05) is 17.5 Å². The Bertz CT molecular complexity index is 1080. The Kier molecular flexibility index (Phi) is 6.79. The number of rotatable bonds is 9. The van der Waals surface area contributed by atoms with Crippen LogP contribution in [-0.4, -0.2) is 54.2 Å². The summed E-state index contributed by atoms with van der Waals surface area (Å²) in [5.41, 5.74) is 4.00. The van der Waals surface area contributed by atoms with Crippen LogP contribution < -0.4 is 0 Å². The zero-order chi connectivity index (χ0) is 21.6. The van der Waals surface area contributed by atoms with Gasteiger partial charge in [0.2, 0.25) is 0 Å². The minimum Gasteiger partial charge on any atom is -0.297 e. The quantitative estimate of drug-likeness (QED) is 0.391. The SMILES string of the molecule is C[C@H](c1cn(-c2ccccc2)nn1)N(C)CCS[C@H](C)c1cn(-c2ccccc2)nn1. The topological polar surface area (TPSA) is 64.7 Å². The van der Waals surface area contributed by atoms with Crippen molar-refractivity contribution in [3.8, 4) is 11.4 Å². The molecule has 0 aliphatic carbocycles. The van der Waals surface area contributed by atoms with Crippen molar-refractivity contribution in [2.75, 3.05) is 19.3 Å². The van der Waals surface area contributed by atoms with Crippen molar-refractivity contribution in [1.29, 1.82) is 0 Å². The molecule has 2 heterocycles. The van der Waals surface area contributed by atoms with Crippen molar-refractivity contribution < 1.29 is 0 Å². The van der Waals surface area contributed by atoms with Gasteiger partial charge in [-0.3, -0.25) is 4.90 Å². The first-order valence-electron chi connectivity index (χ1n) is 10.4. The molecule has 0 aliphatic heterocycles. The molecule has 4 rings (SSSR count). The monoisotopic (exact) mass is 433 g/mol. The molecule has 160 valence electrons. The minimum absolute atomic E-state index is 0.187. The first kappa shape index (κ1) is 21.3. The normalized spacial score (nSPS) is 13.4. The van der Waals surface area contributed by atoms with Gasteiger partial charge in [-0.1, -0.05) is 46.8 Å². The van der Waals surface area contributed by atoms with Crippen molar-refractivity contribution in [3.05, 3.63) is 84.4 Å². The lowest BCUT2D eigenvalue weighted by molar-refractivity contribution is 0.273. The van der Waals surface area contributed by atoms with E-state index in [0.717, 1.165) is 35.1 Å². The van der Waals surface area contributed by atoms with E-state index in [1.807, 2.05) is 94.2 Å². The minimum atomic E-state index is 0.187. The highest BCUT2D eigenvalue weighted by atomic mass is 32.2.